The number of aryl methyl sites for hydroxylation is 2. The van der Waals surface area contributed by atoms with E-state index in [0.717, 1.165) is 22.4 Å². The summed E-state index contributed by atoms with van der Waals surface area (Å²) in [5.41, 5.74) is 3.98. The molecule has 0 unspecified atom stereocenters. The summed E-state index contributed by atoms with van der Waals surface area (Å²) < 4.78 is 5.96. The number of carbonyl (C=O) groups is 1. The van der Waals surface area contributed by atoms with Gasteiger partial charge in [-0.15, -0.1) is 0 Å². The minimum absolute atomic E-state index is 0.00924. The van der Waals surface area contributed by atoms with Crippen molar-refractivity contribution in [2.45, 2.75) is 20.4 Å². The highest BCUT2D eigenvalue weighted by Gasteiger charge is 2.23. The molecule has 0 spiro atoms. The zero-order valence-electron chi connectivity index (χ0n) is 18.6. The molecule has 0 radical (unpaired) electrons. The SMILES string of the molecule is Cc1cc(C)c2oc(C(=O)N(Cc3ccc(N(C)C)cc3)c3ccccn3)cc(=O)c2c1. The maximum absolute atomic E-state index is 13.5. The van der Waals surface area contributed by atoms with Gasteiger partial charge in [0, 0.05) is 32.0 Å². The summed E-state index contributed by atoms with van der Waals surface area (Å²) in [4.78, 5) is 34.2. The number of amides is 1. The predicted molar refractivity (Wildman–Crippen MR) is 127 cm³/mol. The lowest BCUT2D eigenvalue weighted by Gasteiger charge is -2.22. The first kappa shape index (κ1) is 21.3. The van der Waals surface area contributed by atoms with Crippen LogP contribution in [0.25, 0.3) is 11.0 Å². The third-order valence-electron chi connectivity index (χ3n) is 5.33. The molecular weight excluding hydrogens is 402 g/mol. The van der Waals surface area contributed by atoms with Crippen molar-refractivity contribution in [3.05, 3.63) is 99.5 Å². The Balaban J connectivity index is 1.76. The summed E-state index contributed by atoms with van der Waals surface area (Å²) in [5, 5.41) is 0.475. The Labute approximate surface area is 186 Å². The molecule has 2 heterocycles. The largest absolute Gasteiger partial charge is 0.450 e. The third kappa shape index (κ3) is 4.25. The number of hydrogen-bond donors (Lipinski definition) is 0. The molecule has 162 valence electrons. The Kier molecular flexibility index (Phi) is 5.77. The van der Waals surface area contributed by atoms with Crippen LogP contribution in [0.15, 0.2) is 76.1 Å². The molecule has 4 rings (SSSR count). The van der Waals surface area contributed by atoms with Gasteiger partial charge < -0.3 is 9.32 Å². The smallest absolute Gasteiger partial charge is 0.295 e. The van der Waals surface area contributed by atoms with Crippen LogP contribution in [0.3, 0.4) is 0 Å². The zero-order valence-corrected chi connectivity index (χ0v) is 18.6. The van der Waals surface area contributed by atoms with Gasteiger partial charge in [-0.1, -0.05) is 24.3 Å². The number of benzene rings is 2. The first-order chi connectivity index (χ1) is 15.3. The van der Waals surface area contributed by atoms with Gasteiger partial charge in [0.1, 0.15) is 11.4 Å². The summed E-state index contributed by atoms with van der Waals surface area (Å²) >= 11 is 0. The van der Waals surface area contributed by atoms with Gasteiger partial charge in [-0.05, 0) is 60.9 Å². The lowest BCUT2D eigenvalue weighted by atomic mass is 10.1. The van der Waals surface area contributed by atoms with Crippen LogP contribution in [0.5, 0.6) is 0 Å². The van der Waals surface area contributed by atoms with Crippen molar-refractivity contribution in [2.24, 2.45) is 0 Å². The average molecular weight is 428 g/mol. The second-order valence-corrected chi connectivity index (χ2v) is 8.07. The second kappa shape index (κ2) is 8.67. The van der Waals surface area contributed by atoms with Crippen molar-refractivity contribution >= 4 is 28.4 Å². The minimum atomic E-state index is -0.417. The fraction of sp³-hybridized carbons (Fsp3) is 0.192. The molecule has 0 atom stereocenters. The summed E-state index contributed by atoms with van der Waals surface area (Å²) in [6.07, 6.45) is 1.63. The fourth-order valence-electron chi connectivity index (χ4n) is 3.70. The van der Waals surface area contributed by atoms with Gasteiger partial charge in [-0.2, -0.15) is 0 Å². The lowest BCUT2D eigenvalue weighted by Crippen LogP contribution is -2.31. The van der Waals surface area contributed by atoms with Crippen LogP contribution in [-0.2, 0) is 6.54 Å². The molecule has 0 aliphatic rings. The molecular formula is C26H25N3O3. The summed E-state index contributed by atoms with van der Waals surface area (Å²) in [6, 6.07) is 18.3. The molecule has 32 heavy (non-hydrogen) atoms. The van der Waals surface area contributed by atoms with Crippen molar-refractivity contribution in [1.29, 1.82) is 0 Å². The van der Waals surface area contributed by atoms with Crippen LogP contribution in [0.2, 0.25) is 0 Å². The highest BCUT2D eigenvalue weighted by molar-refractivity contribution is 6.04. The Bertz CT molecular complexity index is 1330. The number of hydrogen-bond acceptors (Lipinski definition) is 5. The maximum atomic E-state index is 13.5. The van der Waals surface area contributed by atoms with Crippen molar-refractivity contribution in [1.82, 2.24) is 4.98 Å². The first-order valence-electron chi connectivity index (χ1n) is 10.4. The van der Waals surface area contributed by atoms with E-state index < -0.39 is 5.91 Å². The van der Waals surface area contributed by atoms with Crippen LogP contribution in [-0.4, -0.2) is 25.0 Å². The number of nitrogens with zero attached hydrogens (tertiary/aromatic N) is 3. The summed E-state index contributed by atoms with van der Waals surface area (Å²) in [5.74, 6) is 0.0574. The van der Waals surface area contributed by atoms with E-state index >= 15 is 0 Å². The topological polar surface area (TPSA) is 66.7 Å². The zero-order chi connectivity index (χ0) is 22.8. The molecule has 1 amide bonds. The third-order valence-corrected chi connectivity index (χ3v) is 5.33. The van der Waals surface area contributed by atoms with Crippen LogP contribution in [0, 0.1) is 13.8 Å². The fourth-order valence-corrected chi connectivity index (χ4v) is 3.70. The van der Waals surface area contributed by atoms with E-state index in [1.807, 2.05) is 69.2 Å². The first-order valence-corrected chi connectivity index (χ1v) is 10.4. The van der Waals surface area contributed by atoms with E-state index in [9.17, 15) is 9.59 Å². The van der Waals surface area contributed by atoms with E-state index in [1.54, 1.807) is 24.4 Å². The molecule has 2 aromatic heterocycles. The monoisotopic (exact) mass is 427 g/mol. The standard InChI is InChI=1S/C26H25N3O3/c1-17-13-18(2)25-21(14-17)22(30)15-23(32-25)26(31)29(24-7-5-6-12-27-24)16-19-8-10-20(11-9-19)28(3)4/h5-15H,16H2,1-4H3. The van der Waals surface area contributed by atoms with Crippen molar-refractivity contribution in [3.8, 4) is 0 Å². The van der Waals surface area contributed by atoms with Crippen LogP contribution in [0.4, 0.5) is 11.5 Å². The molecule has 0 saturated heterocycles. The minimum Gasteiger partial charge on any atom is -0.450 e. The molecule has 0 N–H and O–H groups in total. The van der Waals surface area contributed by atoms with E-state index in [2.05, 4.69) is 4.98 Å². The van der Waals surface area contributed by atoms with Gasteiger partial charge in [0.15, 0.2) is 11.2 Å². The summed E-state index contributed by atoms with van der Waals surface area (Å²) in [6.45, 7) is 4.09. The predicted octanol–water partition coefficient (Wildman–Crippen LogP) is 4.72. The van der Waals surface area contributed by atoms with E-state index in [1.165, 1.54) is 11.0 Å². The van der Waals surface area contributed by atoms with Gasteiger partial charge in [0.05, 0.1) is 11.9 Å². The molecule has 0 fully saturated rings. The van der Waals surface area contributed by atoms with Crippen molar-refractivity contribution < 1.29 is 9.21 Å². The Morgan fingerprint density at radius 1 is 1.00 bits per heavy atom. The summed E-state index contributed by atoms with van der Waals surface area (Å²) in [7, 11) is 3.95. The van der Waals surface area contributed by atoms with Crippen LogP contribution < -0.4 is 15.2 Å². The quantitative estimate of drug-likeness (QED) is 0.461. The van der Waals surface area contributed by atoms with E-state index in [0.29, 0.717) is 16.8 Å². The van der Waals surface area contributed by atoms with Crippen molar-refractivity contribution in [2.75, 3.05) is 23.9 Å². The Morgan fingerprint density at radius 3 is 2.41 bits per heavy atom. The molecule has 0 bridgehead atoms. The normalized spacial score (nSPS) is 10.9. The second-order valence-electron chi connectivity index (χ2n) is 8.07. The number of aromatic nitrogens is 1. The molecule has 2 aromatic carbocycles. The molecule has 6 heteroatoms. The molecule has 0 saturated carbocycles. The molecule has 0 aliphatic heterocycles. The number of rotatable bonds is 5. The maximum Gasteiger partial charge on any atom is 0.295 e. The Morgan fingerprint density at radius 2 is 1.75 bits per heavy atom. The number of anilines is 2. The highest BCUT2D eigenvalue weighted by atomic mass is 16.3. The van der Waals surface area contributed by atoms with Gasteiger partial charge in [0.2, 0.25) is 0 Å². The number of carbonyl (C=O) groups excluding carboxylic acids is 1. The van der Waals surface area contributed by atoms with Crippen molar-refractivity contribution in [3.63, 3.8) is 0 Å². The highest BCUT2D eigenvalue weighted by Crippen LogP contribution is 2.23. The van der Waals surface area contributed by atoms with Gasteiger partial charge in [-0.3, -0.25) is 14.5 Å². The van der Waals surface area contributed by atoms with Gasteiger partial charge in [-0.25, -0.2) is 4.98 Å². The number of pyridine rings is 1. The van der Waals surface area contributed by atoms with Crippen LogP contribution in [0.1, 0.15) is 27.2 Å². The Hall–Kier alpha value is -3.93. The van der Waals surface area contributed by atoms with E-state index in [4.69, 9.17) is 4.42 Å². The molecule has 6 nitrogen and oxygen atoms in total. The molecule has 0 aliphatic carbocycles. The van der Waals surface area contributed by atoms with Crippen LogP contribution >= 0.6 is 0 Å². The molecule has 4 aromatic rings. The van der Waals surface area contributed by atoms with Gasteiger partial charge >= 0.3 is 0 Å². The van der Waals surface area contributed by atoms with Gasteiger partial charge in [0.25, 0.3) is 5.91 Å². The number of fused-ring (bicyclic) bond motifs is 1. The average Bonchev–Trinajstić information content (AvgIpc) is 2.78. The van der Waals surface area contributed by atoms with E-state index in [-0.39, 0.29) is 17.7 Å². The lowest BCUT2D eigenvalue weighted by molar-refractivity contribution is 0.0958.